The summed E-state index contributed by atoms with van der Waals surface area (Å²) in [7, 11) is 3.98. The third-order valence-corrected chi connectivity index (χ3v) is 11.1. The maximum Gasteiger partial charge on any atom is 0.352 e. The van der Waals surface area contributed by atoms with E-state index in [1.54, 1.807) is 13.0 Å². The number of likely N-dealkylation sites (N-methyl/N-ethyl adjacent to an activating group) is 1. The van der Waals surface area contributed by atoms with Crippen LogP contribution >= 0.6 is 57.6 Å². The number of anilines is 1. The van der Waals surface area contributed by atoms with Crippen molar-refractivity contribution in [3.05, 3.63) is 40.9 Å². The van der Waals surface area contributed by atoms with Crippen LogP contribution in [0.2, 0.25) is 0 Å². The molecule has 0 saturated carbocycles. The van der Waals surface area contributed by atoms with Crippen LogP contribution in [0.3, 0.4) is 0 Å². The van der Waals surface area contributed by atoms with E-state index in [-0.39, 0.29) is 32.0 Å². The molecule has 17 heteroatoms. The molecular weight excluding hydrogens is 667 g/mol. The number of nitrogen functional groups attached to an aromatic ring is 1. The largest absolute Gasteiger partial charge is 0.477 e. The molecule has 1 fully saturated rings. The molecule has 0 aliphatic carbocycles. The van der Waals surface area contributed by atoms with Gasteiger partial charge < -0.3 is 25.9 Å². The second kappa shape index (κ2) is 11.8. The van der Waals surface area contributed by atoms with E-state index in [2.05, 4.69) is 58.3 Å². The first-order chi connectivity index (χ1) is 18.1. The van der Waals surface area contributed by atoms with Gasteiger partial charge in [-0.2, -0.15) is 9.36 Å². The lowest BCUT2D eigenvalue weighted by atomic mass is 10.0. The van der Waals surface area contributed by atoms with Crippen LogP contribution in [0.15, 0.2) is 40.2 Å². The predicted octanol–water partition coefficient (Wildman–Crippen LogP) is 1.28. The van der Waals surface area contributed by atoms with Gasteiger partial charge in [0.25, 0.3) is 11.8 Å². The summed E-state index contributed by atoms with van der Waals surface area (Å²) in [6.07, 6.45) is 5.80. The lowest BCUT2D eigenvalue weighted by Gasteiger charge is -2.49. The van der Waals surface area contributed by atoms with E-state index in [0.29, 0.717) is 11.3 Å². The van der Waals surface area contributed by atoms with E-state index in [9.17, 15) is 19.5 Å². The minimum absolute atomic E-state index is 0.0211. The number of allylic oxidation sites excluding steroid dienone is 1. The van der Waals surface area contributed by atoms with Gasteiger partial charge in [0.2, 0.25) is 11.5 Å². The second-order valence-corrected chi connectivity index (χ2v) is 13.4. The summed E-state index contributed by atoms with van der Waals surface area (Å²) in [5, 5.41) is 17.8. The summed E-state index contributed by atoms with van der Waals surface area (Å²) >= 11 is 6.13. The number of aliphatic carboxylic acids is 1. The number of carboxylic acid groups (broad SMARTS) is 1. The van der Waals surface area contributed by atoms with Crippen LogP contribution in [0.5, 0.6) is 0 Å². The fourth-order valence-corrected chi connectivity index (χ4v) is 7.28. The fourth-order valence-electron chi connectivity index (χ4n) is 3.84. The lowest BCUT2D eigenvalue weighted by Crippen LogP contribution is -2.71. The number of nitrogens with two attached hydrogens (primary N) is 1. The molecule has 0 radical (unpaired) electrons. The number of alkyl halides is 1. The molecule has 13 nitrogen and oxygen atoms in total. The summed E-state index contributed by atoms with van der Waals surface area (Å²) in [6, 6.07) is -0.946. The number of nitrogens with zero attached hydrogens (tertiary/aromatic N) is 6. The number of rotatable bonds is 9. The molecule has 0 aromatic carbocycles. The quantitative estimate of drug-likeness (QED) is 0.0849. The third kappa shape index (κ3) is 5.51. The summed E-state index contributed by atoms with van der Waals surface area (Å²) in [5.41, 5.74) is 5.83. The number of hydrogen-bond acceptors (Lipinski definition) is 13. The van der Waals surface area contributed by atoms with Gasteiger partial charge in [-0.3, -0.25) is 19.4 Å². The number of carbonyl (C=O) groups is 3. The molecule has 2 amide bonds. The van der Waals surface area contributed by atoms with Crippen molar-refractivity contribution < 1.29 is 24.3 Å². The number of hydrogen-bond donors (Lipinski definition) is 3. The van der Waals surface area contributed by atoms with Crippen LogP contribution in [-0.2, 0) is 19.2 Å². The van der Waals surface area contributed by atoms with Gasteiger partial charge in [0.15, 0.2) is 8.13 Å². The summed E-state index contributed by atoms with van der Waals surface area (Å²) in [6.45, 7) is 2.68. The van der Waals surface area contributed by atoms with Crippen molar-refractivity contribution in [1.29, 1.82) is 0 Å². The normalized spacial score (nSPS) is 26.0. The highest BCUT2D eigenvalue weighted by atomic mass is 127. The van der Waals surface area contributed by atoms with Crippen molar-refractivity contribution in [3.8, 4) is 0 Å². The van der Waals surface area contributed by atoms with Gasteiger partial charge in [-0.15, -0.1) is 11.8 Å². The van der Waals surface area contributed by atoms with Gasteiger partial charge in [-0.1, -0.05) is 23.0 Å². The van der Waals surface area contributed by atoms with Gasteiger partial charge in [0.05, 0.1) is 0 Å². The van der Waals surface area contributed by atoms with E-state index in [0.717, 1.165) is 18.1 Å². The van der Waals surface area contributed by atoms with Crippen LogP contribution < -0.4 is 11.1 Å². The zero-order chi connectivity index (χ0) is 27.6. The van der Waals surface area contributed by atoms with Gasteiger partial charge in [0, 0.05) is 30.9 Å². The Hall–Kier alpha value is -2.35. The first-order valence-corrected chi connectivity index (χ1v) is 15.0. The summed E-state index contributed by atoms with van der Waals surface area (Å²) < 4.78 is 3.61. The first kappa shape index (κ1) is 28.7. The summed E-state index contributed by atoms with van der Waals surface area (Å²) in [5.74, 6) is -2.14. The molecule has 3 atom stereocenters. The molecule has 204 valence electrons. The Morgan fingerprint density at radius 2 is 2.24 bits per heavy atom. The molecule has 0 bridgehead atoms. The summed E-state index contributed by atoms with van der Waals surface area (Å²) in [4.78, 5) is 52.6. The molecule has 4 N–H and O–H groups in total. The molecule has 0 spiro atoms. The van der Waals surface area contributed by atoms with E-state index < -0.39 is 29.2 Å². The zero-order valence-electron chi connectivity index (χ0n) is 20.5. The molecule has 1 aromatic heterocycles. The van der Waals surface area contributed by atoms with Crippen molar-refractivity contribution in [1.82, 2.24) is 29.4 Å². The number of nitrogens with one attached hydrogen (secondary N) is 1. The minimum Gasteiger partial charge on any atom is -0.477 e. The number of fused-ring (bicyclic) bond motifs is 1. The van der Waals surface area contributed by atoms with E-state index in [4.69, 9.17) is 10.6 Å². The number of halogens is 1. The Labute approximate surface area is 244 Å². The number of thioether (sulfide) groups is 2. The van der Waals surface area contributed by atoms with Crippen LogP contribution in [0.25, 0.3) is 0 Å². The Balaban J connectivity index is 1.49. The fraction of sp³-hybridized carbons (Fsp3) is 0.429. The minimum atomic E-state index is -1.21. The van der Waals surface area contributed by atoms with Gasteiger partial charge in [-0.05, 0) is 59.8 Å². The maximum atomic E-state index is 13.1. The third-order valence-electron chi connectivity index (χ3n) is 5.74. The molecule has 1 saturated heterocycles. The van der Waals surface area contributed by atoms with Gasteiger partial charge >= 0.3 is 5.97 Å². The number of amides is 2. The van der Waals surface area contributed by atoms with E-state index in [1.807, 2.05) is 25.7 Å². The second-order valence-electron chi connectivity index (χ2n) is 8.18. The van der Waals surface area contributed by atoms with Crippen molar-refractivity contribution in [2.24, 2.45) is 5.16 Å². The number of β-lactam (4-membered cyclic amide) rings is 1. The van der Waals surface area contributed by atoms with Crippen molar-refractivity contribution in [2.75, 3.05) is 38.7 Å². The number of carboxylic acids is 1. The van der Waals surface area contributed by atoms with E-state index >= 15 is 0 Å². The Morgan fingerprint density at radius 1 is 1.47 bits per heavy atom. The highest BCUT2D eigenvalue weighted by Crippen LogP contribution is 2.43. The molecule has 4 heterocycles. The highest BCUT2D eigenvalue weighted by Gasteiger charge is 2.54. The van der Waals surface area contributed by atoms with Crippen LogP contribution in [0.4, 0.5) is 5.13 Å². The molecule has 2 unspecified atom stereocenters. The Morgan fingerprint density at radius 3 is 2.87 bits per heavy atom. The molecule has 4 rings (SSSR count). The van der Waals surface area contributed by atoms with Crippen molar-refractivity contribution in [2.45, 2.75) is 21.3 Å². The average molecular weight is 693 g/mol. The predicted molar refractivity (Wildman–Crippen MR) is 155 cm³/mol. The Bertz CT molecular complexity index is 1250. The van der Waals surface area contributed by atoms with Gasteiger partial charge in [-0.25, -0.2) is 4.79 Å². The zero-order valence-corrected chi connectivity index (χ0v) is 25.1. The maximum absolute atomic E-state index is 13.1. The molecule has 1 aromatic rings. The monoisotopic (exact) mass is 692 g/mol. The molecule has 3 aliphatic heterocycles. The smallest absolute Gasteiger partial charge is 0.352 e. The SMILES string of the molecule is CCON=C(C(=O)NC1C(=O)N2C(C(=O)O)=C(C=CSC3(I)N(C)C=CCN3C)CS[C@H]12)c1nsc(N)n1. The Kier molecular flexibility index (Phi) is 8.90. The number of oxime groups is 1. The van der Waals surface area contributed by atoms with Crippen molar-refractivity contribution in [3.63, 3.8) is 0 Å². The average Bonchev–Trinajstić information content (AvgIpc) is 3.31. The molecule has 3 aliphatic rings. The standard InChI is InChI=1S/C21H25IN8O5S3/c1-4-35-26-12(15-25-20(23)38-27-15)16(31)24-13-17(32)30-14(19(33)34)11(10-36-18(13)30)6-9-37-21(22)28(2)7-5-8-29(21)3/h5-7,9,13,18H,4,8,10H2,1-3H3,(H,24,31)(H,33,34)(H2,23,25,27)/t13?,18-,21?/m1/s1. The van der Waals surface area contributed by atoms with Crippen LogP contribution in [0, 0.1) is 0 Å². The molecule has 38 heavy (non-hydrogen) atoms. The van der Waals surface area contributed by atoms with Crippen LogP contribution in [0.1, 0.15) is 12.7 Å². The van der Waals surface area contributed by atoms with Crippen molar-refractivity contribution >= 4 is 86.3 Å². The van der Waals surface area contributed by atoms with Gasteiger partial charge in [0.1, 0.15) is 23.7 Å². The van der Waals surface area contributed by atoms with Crippen LogP contribution in [-0.4, -0.2) is 100 Å². The first-order valence-electron chi connectivity index (χ1n) is 11.2. The van der Waals surface area contributed by atoms with E-state index in [1.165, 1.54) is 28.4 Å². The number of carbonyl (C=O) groups excluding carboxylic acids is 2. The highest BCUT2D eigenvalue weighted by molar-refractivity contribution is 14.1. The number of aromatic nitrogens is 2. The topological polar surface area (TPSA) is 167 Å². The molecular formula is C21H25IN8O5S3. The lowest BCUT2D eigenvalue weighted by molar-refractivity contribution is -0.150.